The zero-order chi connectivity index (χ0) is 14.8. The molecule has 0 bridgehead atoms. The van der Waals surface area contributed by atoms with Gasteiger partial charge in [-0.1, -0.05) is 13.3 Å². The van der Waals surface area contributed by atoms with Crippen LogP contribution in [0.4, 0.5) is 0 Å². The van der Waals surface area contributed by atoms with Crippen LogP contribution in [0.3, 0.4) is 0 Å². The summed E-state index contributed by atoms with van der Waals surface area (Å²) in [6.45, 7) is 2.03. The summed E-state index contributed by atoms with van der Waals surface area (Å²) in [7, 11) is 0. The molecule has 3 rings (SSSR count). The van der Waals surface area contributed by atoms with Crippen molar-refractivity contribution in [3.05, 3.63) is 17.5 Å². The normalized spacial score (nSPS) is 12.8. The van der Waals surface area contributed by atoms with E-state index in [2.05, 4.69) is 33.0 Å². The first-order valence-electron chi connectivity index (χ1n) is 6.66. The van der Waals surface area contributed by atoms with Crippen LogP contribution in [-0.4, -0.2) is 31.3 Å². The van der Waals surface area contributed by atoms with Crippen molar-refractivity contribution in [3.63, 3.8) is 0 Å². The van der Waals surface area contributed by atoms with E-state index in [0.29, 0.717) is 5.82 Å². The molecule has 0 amide bonds. The van der Waals surface area contributed by atoms with Crippen molar-refractivity contribution in [1.82, 2.24) is 20.2 Å². The first-order valence-corrected chi connectivity index (χ1v) is 8.35. The van der Waals surface area contributed by atoms with Crippen molar-refractivity contribution in [3.8, 4) is 10.7 Å². The molecule has 110 valence electrons. The van der Waals surface area contributed by atoms with Crippen molar-refractivity contribution in [1.29, 1.82) is 0 Å². The van der Waals surface area contributed by atoms with Gasteiger partial charge in [-0.25, -0.2) is 4.68 Å². The fourth-order valence-corrected chi connectivity index (χ4v) is 4.41. The SMILES string of the molecule is CCCC(CC(=O)O)n1nnnc1-c1cc2sccc2s1. The van der Waals surface area contributed by atoms with Crippen LogP contribution in [0, 0.1) is 0 Å². The molecule has 6 nitrogen and oxygen atoms in total. The molecular weight excluding hydrogens is 308 g/mol. The lowest BCUT2D eigenvalue weighted by molar-refractivity contribution is -0.138. The maximum absolute atomic E-state index is 11.0. The summed E-state index contributed by atoms with van der Waals surface area (Å²) in [6.07, 6.45) is 1.66. The third-order valence-electron chi connectivity index (χ3n) is 3.23. The minimum atomic E-state index is -0.831. The summed E-state index contributed by atoms with van der Waals surface area (Å²) >= 11 is 3.31. The van der Waals surface area contributed by atoms with Gasteiger partial charge in [0.1, 0.15) is 0 Å². The highest BCUT2D eigenvalue weighted by Crippen LogP contribution is 2.36. The van der Waals surface area contributed by atoms with Crippen LogP contribution < -0.4 is 0 Å². The highest BCUT2D eigenvalue weighted by Gasteiger charge is 2.21. The average Bonchev–Trinajstić information content (AvgIpc) is 3.12. The van der Waals surface area contributed by atoms with Crippen LogP contribution in [0.2, 0.25) is 0 Å². The molecule has 1 atom stereocenters. The molecule has 0 saturated carbocycles. The summed E-state index contributed by atoms with van der Waals surface area (Å²) in [5, 5.41) is 23.0. The van der Waals surface area contributed by atoms with Gasteiger partial charge in [0.05, 0.1) is 17.3 Å². The van der Waals surface area contributed by atoms with Gasteiger partial charge in [-0.15, -0.1) is 27.8 Å². The van der Waals surface area contributed by atoms with Gasteiger partial charge in [-0.3, -0.25) is 4.79 Å². The Balaban J connectivity index is 1.98. The minimum Gasteiger partial charge on any atom is -0.481 e. The Bertz CT molecular complexity index is 732. The summed E-state index contributed by atoms with van der Waals surface area (Å²) < 4.78 is 4.07. The number of nitrogens with zero attached hydrogens (tertiary/aromatic N) is 4. The predicted molar refractivity (Wildman–Crippen MR) is 82.7 cm³/mol. The third-order valence-corrected chi connectivity index (χ3v) is 5.32. The lowest BCUT2D eigenvalue weighted by Crippen LogP contribution is -2.16. The largest absolute Gasteiger partial charge is 0.481 e. The van der Waals surface area contributed by atoms with Gasteiger partial charge in [-0.05, 0) is 34.4 Å². The van der Waals surface area contributed by atoms with E-state index in [1.165, 1.54) is 9.40 Å². The van der Waals surface area contributed by atoms with E-state index < -0.39 is 5.97 Å². The Morgan fingerprint density at radius 3 is 3.05 bits per heavy atom. The number of carboxylic acid groups (broad SMARTS) is 1. The smallest absolute Gasteiger partial charge is 0.305 e. The molecule has 0 aliphatic carbocycles. The van der Waals surface area contributed by atoms with Crippen LogP contribution in [0.15, 0.2) is 17.5 Å². The maximum Gasteiger partial charge on any atom is 0.305 e. The number of fused-ring (bicyclic) bond motifs is 1. The molecular formula is C13H14N4O2S2. The van der Waals surface area contributed by atoms with Crippen LogP contribution in [0.5, 0.6) is 0 Å². The number of thiophene rings is 2. The van der Waals surface area contributed by atoms with Gasteiger partial charge in [0, 0.05) is 9.40 Å². The lowest BCUT2D eigenvalue weighted by atomic mass is 10.1. The van der Waals surface area contributed by atoms with E-state index in [4.69, 9.17) is 5.11 Å². The highest BCUT2D eigenvalue weighted by atomic mass is 32.1. The number of carboxylic acids is 1. The molecule has 0 radical (unpaired) electrons. The second-order valence-corrected chi connectivity index (χ2v) is 6.78. The van der Waals surface area contributed by atoms with Gasteiger partial charge in [0.15, 0.2) is 5.82 Å². The van der Waals surface area contributed by atoms with Gasteiger partial charge in [0.25, 0.3) is 0 Å². The molecule has 0 aliphatic heterocycles. The van der Waals surface area contributed by atoms with Crippen molar-refractivity contribution in [2.24, 2.45) is 0 Å². The topological polar surface area (TPSA) is 80.9 Å². The molecule has 1 unspecified atom stereocenters. The minimum absolute atomic E-state index is 0.0334. The van der Waals surface area contributed by atoms with Crippen LogP contribution in [-0.2, 0) is 4.79 Å². The van der Waals surface area contributed by atoms with Gasteiger partial charge in [0.2, 0.25) is 0 Å². The second kappa shape index (κ2) is 5.90. The summed E-state index contributed by atoms with van der Waals surface area (Å²) in [5.41, 5.74) is 0. The molecule has 0 aliphatic rings. The van der Waals surface area contributed by atoms with E-state index in [9.17, 15) is 4.79 Å². The summed E-state index contributed by atoms with van der Waals surface area (Å²) in [6, 6.07) is 3.93. The molecule has 8 heteroatoms. The number of rotatable bonds is 6. The van der Waals surface area contributed by atoms with Crippen LogP contribution in [0.1, 0.15) is 32.2 Å². The summed E-state index contributed by atoms with van der Waals surface area (Å²) in [4.78, 5) is 12.0. The Labute approximate surface area is 129 Å². The Kier molecular flexibility index (Phi) is 3.98. The zero-order valence-corrected chi connectivity index (χ0v) is 13.0. The number of carbonyl (C=O) groups is 1. The van der Waals surface area contributed by atoms with E-state index >= 15 is 0 Å². The van der Waals surface area contributed by atoms with Crippen molar-refractivity contribution < 1.29 is 9.90 Å². The lowest BCUT2D eigenvalue weighted by Gasteiger charge is -2.14. The second-order valence-electron chi connectivity index (χ2n) is 4.75. The monoisotopic (exact) mass is 322 g/mol. The zero-order valence-electron chi connectivity index (χ0n) is 11.4. The van der Waals surface area contributed by atoms with Gasteiger partial charge < -0.3 is 5.11 Å². The highest BCUT2D eigenvalue weighted by molar-refractivity contribution is 7.28. The molecule has 0 fully saturated rings. The number of aliphatic carboxylic acids is 1. The van der Waals surface area contributed by atoms with E-state index in [-0.39, 0.29) is 12.5 Å². The molecule has 21 heavy (non-hydrogen) atoms. The molecule has 3 aromatic heterocycles. The summed E-state index contributed by atoms with van der Waals surface area (Å²) in [5.74, 6) is -0.176. The van der Waals surface area contributed by atoms with Crippen LogP contribution >= 0.6 is 22.7 Å². The molecule has 0 saturated heterocycles. The maximum atomic E-state index is 11.0. The first kappa shape index (κ1) is 14.2. The quantitative estimate of drug-likeness (QED) is 0.752. The van der Waals surface area contributed by atoms with Crippen molar-refractivity contribution >= 4 is 38.0 Å². The van der Waals surface area contributed by atoms with Crippen molar-refractivity contribution in [2.45, 2.75) is 32.2 Å². The number of aromatic nitrogens is 4. The van der Waals surface area contributed by atoms with Gasteiger partial charge >= 0.3 is 5.97 Å². The number of tetrazole rings is 1. The van der Waals surface area contributed by atoms with E-state index in [1.54, 1.807) is 27.4 Å². The Morgan fingerprint density at radius 1 is 1.48 bits per heavy atom. The van der Waals surface area contributed by atoms with E-state index in [0.717, 1.165) is 17.7 Å². The fourth-order valence-electron chi connectivity index (χ4n) is 2.32. The van der Waals surface area contributed by atoms with Crippen molar-refractivity contribution in [2.75, 3.05) is 0 Å². The molecule has 0 spiro atoms. The predicted octanol–water partition coefficient (Wildman–Crippen LogP) is 3.43. The third kappa shape index (κ3) is 2.81. The Hall–Kier alpha value is -1.80. The first-order chi connectivity index (χ1) is 10.2. The fraction of sp³-hybridized carbons (Fsp3) is 0.385. The standard InChI is InChI=1S/C13H14N4O2S2/c1-2-3-8(6-12(18)19)17-13(14-15-16-17)11-7-10-9(21-11)4-5-20-10/h4-5,7-8H,2-3,6H2,1H3,(H,18,19). The molecule has 0 aromatic carbocycles. The molecule has 3 heterocycles. The van der Waals surface area contributed by atoms with Gasteiger partial charge in [-0.2, -0.15) is 0 Å². The van der Waals surface area contributed by atoms with Crippen LogP contribution in [0.25, 0.3) is 20.1 Å². The number of hydrogen-bond acceptors (Lipinski definition) is 6. The van der Waals surface area contributed by atoms with E-state index in [1.807, 2.05) is 6.92 Å². The molecule has 3 aromatic rings. The number of hydrogen-bond donors (Lipinski definition) is 1. The average molecular weight is 322 g/mol. The Morgan fingerprint density at radius 2 is 2.33 bits per heavy atom. The molecule has 1 N–H and O–H groups in total.